The lowest BCUT2D eigenvalue weighted by Gasteiger charge is -2.23. The molecule has 0 unspecified atom stereocenters. The van der Waals surface area contributed by atoms with Gasteiger partial charge in [-0.1, -0.05) is 6.07 Å². The zero-order chi connectivity index (χ0) is 26.2. The van der Waals surface area contributed by atoms with Crippen molar-refractivity contribution in [3.05, 3.63) is 68.7 Å². The molecular formula is C26H30FN3O5S. The molecule has 0 saturated heterocycles. The lowest BCUT2D eigenvalue weighted by molar-refractivity contribution is 0.0519. The van der Waals surface area contributed by atoms with Gasteiger partial charge in [0.05, 0.1) is 27.4 Å². The number of esters is 1. The minimum atomic E-state index is -0.516. The van der Waals surface area contributed by atoms with Crippen LogP contribution in [-0.2, 0) is 17.7 Å². The number of hydrogen-bond acceptors (Lipinski definition) is 8. The third kappa shape index (κ3) is 6.37. The van der Waals surface area contributed by atoms with Crippen LogP contribution in [0.5, 0.6) is 11.5 Å². The van der Waals surface area contributed by atoms with E-state index >= 15 is 0 Å². The van der Waals surface area contributed by atoms with Crippen LogP contribution in [0.25, 0.3) is 0 Å². The summed E-state index contributed by atoms with van der Waals surface area (Å²) in [7, 11) is 3.07. The summed E-state index contributed by atoms with van der Waals surface area (Å²) in [6.45, 7) is 6.13. The maximum absolute atomic E-state index is 14.0. The van der Waals surface area contributed by atoms with Crippen molar-refractivity contribution in [1.82, 2.24) is 14.9 Å². The number of nitrogens with zero attached hydrogens (tertiary/aromatic N) is 3. The van der Waals surface area contributed by atoms with Crippen molar-refractivity contribution in [2.45, 2.75) is 40.2 Å². The van der Waals surface area contributed by atoms with E-state index in [-0.39, 0.29) is 24.8 Å². The number of methoxy groups -OCH3 is 2. The monoisotopic (exact) mass is 515 g/mol. The number of ether oxygens (including phenoxy) is 3. The van der Waals surface area contributed by atoms with E-state index in [1.807, 2.05) is 6.92 Å². The Morgan fingerprint density at radius 3 is 2.44 bits per heavy atom. The number of rotatable bonds is 11. The largest absolute Gasteiger partial charge is 0.496 e. The lowest BCUT2D eigenvalue weighted by Crippen LogP contribution is -2.32. The molecule has 1 amide bonds. The molecule has 0 radical (unpaired) electrons. The SMILES string of the molecule is CCOC(=O)c1nc(CN(CCCc2cccnc2F)C(=O)c2cc(OC)c(C)c(OC)c2)sc1C. The van der Waals surface area contributed by atoms with Gasteiger partial charge in [-0.25, -0.2) is 14.8 Å². The molecule has 0 N–H and O–H groups in total. The molecule has 8 nitrogen and oxygen atoms in total. The van der Waals surface area contributed by atoms with Gasteiger partial charge in [-0.3, -0.25) is 4.79 Å². The van der Waals surface area contributed by atoms with Gasteiger partial charge in [0, 0.05) is 34.3 Å². The topological polar surface area (TPSA) is 90.9 Å². The Hall–Kier alpha value is -3.53. The fourth-order valence-electron chi connectivity index (χ4n) is 3.78. The van der Waals surface area contributed by atoms with Crippen LogP contribution in [0, 0.1) is 19.8 Å². The van der Waals surface area contributed by atoms with Gasteiger partial charge >= 0.3 is 5.97 Å². The van der Waals surface area contributed by atoms with Crippen LogP contribution >= 0.6 is 11.3 Å². The predicted molar refractivity (Wildman–Crippen MR) is 134 cm³/mol. The molecule has 0 aliphatic heterocycles. The first-order valence-electron chi connectivity index (χ1n) is 11.5. The number of hydrogen-bond donors (Lipinski definition) is 0. The minimum absolute atomic E-state index is 0.178. The molecular weight excluding hydrogens is 485 g/mol. The van der Waals surface area contributed by atoms with Crippen molar-refractivity contribution < 1.29 is 28.2 Å². The second-order valence-electron chi connectivity index (χ2n) is 8.02. The van der Waals surface area contributed by atoms with Crippen molar-refractivity contribution >= 4 is 23.2 Å². The molecule has 0 spiro atoms. The van der Waals surface area contributed by atoms with Gasteiger partial charge in [0.25, 0.3) is 5.91 Å². The number of pyridine rings is 1. The van der Waals surface area contributed by atoms with Gasteiger partial charge in [-0.15, -0.1) is 11.3 Å². The zero-order valence-corrected chi connectivity index (χ0v) is 21.9. The maximum atomic E-state index is 14.0. The summed E-state index contributed by atoms with van der Waals surface area (Å²) in [6.07, 6.45) is 2.32. The number of carbonyl (C=O) groups excluding carboxylic acids is 2. The molecule has 0 saturated carbocycles. The van der Waals surface area contributed by atoms with E-state index in [1.165, 1.54) is 31.8 Å². The van der Waals surface area contributed by atoms with Gasteiger partial charge in [0.1, 0.15) is 16.5 Å². The number of benzene rings is 1. The number of carbonyl (C=O) groups is 2. The third-order valence-electron chi connectivity index (χ3n) is 5.63. The summed E-state index contributed by atoms with van der Waals surface area (Å²) >= 11 is 1.33. The quantitative estimate of drug-likeness (QED) is 0.269. The van der Waals surface area contributed by atoms with E-state index in [9.17, 15) is 14.0 Å². The van der Waals surface area contributed by atoms with E-state index < -0.39 is 11.9 Å². The average molecular weight is 516 g/mol. The molecule has 0 aliphatic rings. The van der Waals surface area contributed by atoms with Crippen LogP contribution in [0.4, 0.5) is 4.39 Å². The third-order valence-corrected chi connectivity index (χ3v) is 6.59. The lowest BCUT2D eigenvalue weighted by atomic mass is 10.1. The molecule has 3 aromatic rings. The Morgan fingerprint density at radius 2 is 1.83 bits per heavy atom. The van der Waals surface area contributed by atoms with Crippen LogP contribution in [0.1, 0.15) is 55.2 Å². The van der Waals surface area contributed by atoms with Gasteiger partial charge in [-0.2, -0.15) is 4.39 Å². The van der Waals surface area contributed by atoms with Crippen LogP contribution in [0.2, 0.25) is 0 Å². The van der Waals surface area contributed by atoms with Crippen LogP contribution in [-0.4, -0.2) is 54.1 Å². The standard InChI is InChI=1S/C26H30FN3O5S/c1-6-35-26(32)23-17(3)36-22(29-23)15-30(12-8-10-18-9-7-11-28-24(18)27)25(31)19-13-20(33-4)16(2)21(14-19)34-5/h7,9,11,13-14H,6,8,10,12,15H2,1-5H3. The minimum Gasteiger partial charge on any atom is -0.496 e. The number of amides is 1. The molecule has 0 aliphatic carbocycles. The number of aryl methyl sites for hydroxylation is 2. The van der Waals surface area contributed by atoms with Crippen LogP contribution in [0.3, 0.4) is 0 Å². The molecule has 1 aromatic carbocycles. The number of aromatic nitrogens is 2. The molecule has 0 bridgehead atoms. The first-order valence-corrected chi connectivity index (χ1v) is 12.3. The fourth-order valence-corrected chi connectivity index (χ4v) is 4.72. The summed E-state index contributed by atoms with van der Waals surface area (Å²) in [5, 5.41) is 0.600. The van der Waals surface area contributed by atoms with E-state index in [4.69, 9.17) is 14.2 Å². The zero-order valence-electron chi connectivity index (χ0n) is 21.1. The van der Waals surface area contributed by atoms with Crippen LogP contribution < -0.4 is 9.47 Å². The van der Waals surface area contributed by atoms with Gasteiger partial charge < -0.3 is 19.1 Å². The molecule has 3 rings (SSSR count). The Morgan fingerprint density at radius 1 is 1.14 bits per heavy atom. The second kappa shape index (κ2) is 12.4. The Kier molecular flexibility index (Phi) is 9.35. The molecule has 0 atom stereocenters. The van der Waals surface area contributed by atoms with Gasteiger partial charge in [-0.05, 0) is 51.8 Å². The molecule has 36 heavy (non-hydrogen) atoms. The fraction of sp³-hybridized carbons (Fsp3) is 0.385. The van der Waals surface area contributed by atoms with Crippen molar-refractivity contribution in [3.8, 4) is 11.5 Å². The van der Waals surface area contributed by atoms with E-state index in [1.54, 1.807) is 43.0 Å². The van der Waals surface area contributed by atoms with Crippen molar-refractivity contribution in [3.63, 3.8) is 0 Å². The summed E-state index contributed by atoms with van der Waals surface area (Å²) in [5.74, 6) is -0.202. The summed E-state index contributed by atoms with van der Waals surface area (Å²) in [4.78, 5) is 36.3. The van der Waals surface area contributed by atoms with Crippen molar-refractivity contribution in [1.29, 1.82) is 0 Å². The molecule has 2 aromatic heterocycles. The highest BCUT2D eigenvalue weighted by molar-refractivity contribution is 7.11. The highest BCUT2D eigenvalue weighted by Crippen LogP contribution is 2.30. The number of halogens is 1. The summed E-state index contributed by atoms with van der Waals surface area (Å²) < 4.78 is 30.0. The van der Waals surface area contributed by atoms with E-state index in [0.717, 1.165) is 5.56 Å². The molecule has 2 heterocycles. The first-order chi connectivity index (χ1) is 17.3. The average Bonchev–Trinajstić information content (AvgIpc) is 3.24. The second-order valence-corrected chi connectivity index (χ2v) is 9.31. The number of thiazole rings is 1. The Bertz CT molecular complexity index is 1210. The van der Waals surface area contributed by atoms with Gasteiger partial charge in [0.2, 0.25) is 5.95 Å². The predicted octanol–water partition coefficient (Wildman–Crippen LogP) is 4.76. The maximum Gasteiger partial charge on any atom is 0.358 e. The Balaban J connectivity index is 1.88. The van der Waals surface area contributed by atoms with Crippen molar-refractivity contribution in [2.24, 2.45) is 0 Å². The van der Waals surface area contributed by atoms with Gasteiger partial charge in [0.15, 0.2) is 5.69 Å². The van der Waals surface area contributed by atoms with Crippen molar-refractivity contribution in [2.75, 3.05) is 27.4 Å². The summed E-state index contributed by atoms with van der Waals surface area (Å²) in [6, 6.07) is 6.71. The molecule has 192 valence electrons. The summed E-state index contributed by atoms with van der Waals surface area (Å²) in [5.41, 5.74) is 1.91. The highest BCUT2D eigenvalue weighted by atomic mass is 32.1. The normalized spacial score (nSPS) is 10.7. The van der Waals surface area contributed by atoms with E-state index in [0.29, 0.717) is 51.9 Å². The highest BCUT2D eigenvalue weighted by Gasteiger charge is 2.23. The van der Waals surface area contributed by atoms with E-state index in [2.05, 4.69) is 9.97 Å². The van der Waals surface area contributed by atoms with Crippen LogP contribution in [0.15, 0.2) is 30.5 Å². The smallest absolute Gasteiger partial charge is 0.358 e. The molecule has 10 heteroatoms. The Labute approximate surface area is 214 Å². The molecule has 0 fully saturated rings. The first kappa shape index (κ1) is 27.1.